The highest BCUT2D eigenvalue weighted by molar-refractivity contribution is 5.58. The van der Waals surface area contributed by atoms with Crippen LogP contribution >= 0.6 is 0 Å². The van der Waals surface area contributed by atoms with E-state index in [1.165, 1.54) is 22.4 Å². The van der Waals surface area contributed by atoms with E-state index >= 15 is 0 Å². The lowest BCUT2D eigenvalue weighted by Gasteiger charge is -2.19. The Morgan fingerprint density at radius 2 is 2.05 bits per heavy atom. The predicted molar refractivity (Wildman–Crippen MR) is 80.5 cm³/mol. The Labute approximate surface area is 115 Å². The van der Waals surface area contributed by atoms with Crippen LogP contribution in [0, 0.1) is 13.8 Å². The number of benzene rings is 1. The van der Waals surface area contributed by atoms with Crippen LogP contribution < -0.4 is 5.32 Å². The van der Waals surface area contributed by atoms with Crippen LogP contribution in [0.15, 0.2) is 24.4 Å². The van der Waals surface area contributed by atoms with Gasteiger partial charge in [-0.3, -0.25) is 4.68 Å². The van der Waals surface area contributed by atoms with Gasteiger partial charge in [0, 0.05) is 24.5 Å². The lowest BCUT2D eigenvalue weighted by molar-refractivity contribution is 0.756. The summed E-state index contributed by atoms with van der Waals surface area (Å²) in [5.74, 6) is 0. The molecule has 3 nitrogen and oxygen atoms in total. The molecule has 1 heterocycles. The van der Waals surface area contributed by atoms with Crippen molar-refractivity contribution in [3.63, 3.8) is 0 Å². The van der Waals surface area contributed by atoms with Crippen LogP contribution in [0.2, 0.25) is 0 Å². The Morgan fingerprint density at radius 3 is 2.63 bits per heavy atom. The van der Waals surface area contributed by atoms with Gasteiger partial charge in [-0.15, -0.1) is 0 Å². The van der Waals surface area contributed by atoms with Gasteiger partial charge < -0.3 is 5.32 Å². The average molecular weight is 257 g/mol. The summed E-state index contributed by atoms with van der Waals surface area (Å²) >= 11 is 0. The molecule has 1 N–H and O–H groups in total. The van der Waals surface area contributed by atoms with Gasteiger partial charge in [-0.05, 0) is 38.3 Å². The maximum Gasteiger partial charge on any atom is 0.0646 e. The predicted octanol–water partition coefficient (Wildman–Crippen LogP) is 3.77. The second-order valence-corrected chi connectivity index (χ2v) is 5.17. The highest BCUT2D eigenvalue weighted by atomic mass is 15.3. The average Bonchev–Trinajstić information content (AvgIpc) is 2.71. The van der Waals surface area contributed by atoms with Crippen molar-refractivity contribution in [2.45, 2.75) is 40.2 Å². The van der Waals surface area contributed by atoms with Crippen molar-refractivity contribution in [3.8, 4) is 0 Å². The van der Waals surface area contributed by atoms with E-state index in [-0.39, 0.29) is 6.04 Å². The summed E-state index contributed by atoms with van der Waals surface area (Å²) in [4.78, 5) is 0. The van der Waals surface area contributed by atoms with Crippen LogP contribution in [0.25, 0.3) is 0 Å². The molecule has 1 aromatic carbocycles. The Kier molecular flexibility index (Phi) is 3.93. The molecule has 0 spiro atoms. The fourth-order valence-electron chi connectivity index (χ4n) is 2.57. The van der Waals surface area contributed by atoms with E-state index in [1.54, 1.807) is 0 Å². The van der Waals surface area contributed by atoms with Crippen LogP contribution in [0.5, 0.6) is 0 Å². The van der Waals surface area contributed by atoms with Crippen molar-refractivity contribution in [1.82, 2.24) is 9.78 Å². The molecule has 0 aliphatic rings. The fraction of sp³-hybridized carbons (Fsp3) is 0.438. The summed E-state index contributed by atoms with van der Waals surface area (Å²) in [7, 11) is 1.97. The quantitative estimate of drug-likeness (QED) is 0.903. The Balaban J connectivity index is 2.28. The molecule has 0 saturated heterocycles. The van der Waals surface area contributed by atoms with Crippen LogP contribution in [-0.4, -0.2) is 9.78 Å². The zero-order valence-corrected chi connectivity index (χ0v) is 12.5. The van der Waals surface area contributed by atoms with E-state index in [2.05, 4.69) is 62.5 Å². The van der Waals surface area contributed by atoms with Gasteiger partial charge in [0.1, 0.15) is 0 Å². The number of anilines is 1. The Morgan fingerprint density at radius 1 is 1.32 bits per heavy atom. The summed E-state index contributed by atoms with van der Waals surface area (Å²) < 4.78 is 1.88. The van der Waals surface area contributed by atoms with Gasteiger partial charge >= 0.3 is 0 Å². The first-order valence-corrected chi connectivity index (χ1v) is 6.88. The number of hydrogen-bond acceptors (Lipinski definition) is 2. The van der Waals surface area contributed by atoms with Crippen LogP contribution in [0.3, 0.4) is 0 Å². The van der Waals surface area contributed by atoms with Crippen molar-refractivity contribution >= 4 is 5.69 Å². The molecule has 2 rings (SSSR count). The smallest absolute Gasteiger partial charge is 0.0646 e. The second kappa shape index (κ2) is 5.47. The molecule has 0 bridgehead atoms. The standard InChI is InChI=1S/C16H23N3/c1-6-14-9-7-8-11(2)16(14)17-12(3)15-10-19(5)18-13(15)4/h7-10,12,17H,6H2,1-5H3. The van der Waals surface area contributed by atoms with Crippen molar-refractivity contribution in [2.24, 2.45) is 7.05 Å². The minimum atomic E-state index is 0.264. The van der Waals surface area contributed by atoms with Gasteiger partial charge in [0.25, 0.3) is 0 Å². The van der Waals surface area contributed by atoms with E-state index in [1.807, 2.05) is 11.7 Å². The third kappa shape index (κ3) is 2.80. The summed E-state index contributed by atoms with van der Waals surface area (Å²) in [5, 5.41) is 8.06. The summed E-state index contributed by atoms with van der Waals surface area (Å²) in [6.45, 7) is 8.60. The molecular formula is C16H23N3. The third-order valence-electron chi connectivity index (χ3n) is 3.62. The lowest BCUT2D eigenvalue weighted by Crippen LogP contribution is -2.10. The first kappa shape index (κ1) is 13.7. The fourth-order valence-corrected chi connectivity index (χ4v) is 2.57. The van der Waals surface area contributed by atoms with Gasteiger partial charge in [-0.1, -0.05) is 25.1 Å². The number of hydrogen-bond donors (Lipinski definition) is 1. The van der Waals surface area contributed by atoms with Crippen molar-refractivity contribution in [2.75, 3.05) is 5.32 Å². The van der Waals surface area contributed by atoms with E-state index in [9.17, 15) is 0 Å². The highest BCUT2D eigenvalue weighted by Gasteiger charge is 2.13. The maximum atomic E-state index is 4.42. The van der Waals surface area contributed by atoms with Crippen LogP contribution in [-0.2, 0) is 13.5 Å². The number of nitrogens with one attached hydrogen (secondary N) is 1. The van der Waals surface area contributed by atoms with E-state index in [4.69, 9.17) is 0 Å². The molecule has 1 atom stereocenters. The molecule has 0 aliphatic carbocycles. The van der Waals surface area contributed by atoms with E-state index < -0.39 is 0 Å². The topological polar surface area (TPSA) is 29.9 Å². The molecule has 0 radical (unpaired) electrons. The lowest BCUT2D eigenvalue weighted by atomic mass is 10.0. The number of nitrogens with zero attached hydrogens (tertiary/aromatic N) is 2. The Hall–Kier alpha value is -1.77. The van der Waals surface area contributed by atoms with Gasteiger partial charge in [0.2, 0.25) is 0 Å². The minimum Gasteiger partial charge on any atom is -0.378 e. The highest BCUT2D eigenvalue weighted by Crippen LogP contribution is 2.27. The number of aromatic nitrogens is 2. The van der Waals surface area contributed by atoms with Gasteiger partial charge in [-0.2, -0.15) is 5.10 Å². The van der Waals surface area contributed by atoms with Crippen LogP contribution in [0.1, 0.15) is 42.3 Å². The molecule has 1 unspecified atom stereocenters. The molecule has 1 aromatic heterocycles. The number of para-hydroxylation sites is 1. The molecule has 0 aliphatic heterocycles. The normalized spacial score (nSPS) is 12.5. The molecule has 19 heavy (non-hydrogen) atoms. The molecule has 2 aromatic rings. The summed E-state index contributed by atoms with van der Waals surface area (Å²) in [5.41, 5.74) is 6.28. The SMILES string of the molecule is CCc1cccc(C)c1NC(C)c1cn(C)nc1C. The third-order valence-corrected chi connectivity index (χ3v) is 3.62. The minimum absolute atomic E-state index is 0.264. The van der Waals surface area contributed by atoms with E-state index in [0.717, 1.165) is 12.1 Å². The first-order chi connectivity index (χ1) is 9.02. The largest absolute Gasteiger partial charge is 0.378 e. The molecule has 102 valence electrons. The zero-order valence-electron chi connectivity index (χ0n) is 12.5. The van der Waals surface area contributed by atoms with Crippen LogP contribution in [0.4, 0.5) is 5.69 Å². The zero-order chi connectivity index (χ0) is 14.0. The maximum absolute atomic E-state index is 4.42. The molecule has 0 saturated carbocycles. The Bertz CT molecular complexity index is 569. The van der Waals surface area contributed by atoms with Gasteiger partial charge in [0.15, 0.2) is 0 Å². The number of aryl methyl sites for hydroxylation is 4. The van der Waals surface area contributed by atoms with Gasteiger partial charge in [0.05, 0.1) is 11.7 Å². The second-order valence-electron chi connectivity index (χ2n) is 5.17. The molecule has 0 fully saturated rings. The van der Waals surface area contributed by atoms with E-state index in [0.29, 0.717) is 0 Å². The molecule has 3 heteroatoms. The summed E-state index contributed by atoms with van der Waals surface area (Å²) in [6.07, 6.45) is 3.14. The monoisotopic (exact) mass is 257 g/mol. The summed E-state index contributed by atoms with van der Waals surface area (Å²) in [6, 6.07) is 6.74. The molecular weight excluding hydrogens is 234 g/mol. The van der Waals surface area contributed by atoms with Crippen molar-refractivity contribution in [3.05, 3.63) is 46.8 Å². The molecule has 0 amide bonds. The van der Waals surface area contributed by atoms with Crippen molar-refractivity contribution < 1.29 is 0 Å². The number of rotatable bonds is 4. The van der Waals surface area contributed by atoms with Gasteiger partial charge in [-0.25, -0.2) is 0 Å². The van der Waals surface area contributed by atoms with Crippen molar-refractivity contribution in [1.29, 1.82) is 0 Å². The first-order valence-electron chi connectivity index (χ1n) is 6.88.